The maximum Gasteiger partial charge on any atom is 0.240 e. The fourth-order valence-electron chi connectivity index (χ4n) is 0.647. The first-order valence-electron chi connectivity index (χ1n) is 2.43. The lowest BCUT2D eigenvalue weighted by Gasteiger charge is -2.04. The highest BCUT2D eigenvalue weighted by molar-refractivity contribution is 8.67. The van der Waals surface area contributed by atoms with Gasteiger partial charge in [-0.3, -0.25) is 9.59 Å². The largest absolute Gasteiger partial charge is 0.273 e. The number of carbonyl (C=O) groups excluding carboxylic acids is 2. The van der Waals surface area contributed by atoms with Crippen LogP contribution in [-0.4, -0.2) is 16.1 Å². The second-order valence-electron chi connectivity index (χ2n) is 1.66. The molecule has 1 aliphatic heterocycles. The molecule has 0 unspecified atom stereocenters. The van der Waals surface area contributed by atoms with Crippen LogP contribution in [0.2, 0.25) is 0 Å². The van der Waals surface area contributed by atoms with Crippen molar-refractivity contribution >= 4 is 34.5 Å². The highest BCUT2D eigenvalue weighted by atomic mass is 33.1. The molecule has 0 aromatic heterocycles. The molecule has 1 aliphatic rings. The molecule has 0 aromatic rings. The molecule has 1 fully saturated rings. The first-order chi connectivity index (χ1) is 4.25. The highest BCUT2D eigenvalue weighted by Crippen LogP contribution is 2.23. The van der Waals surface area contributed by atoms with Crippen LogP contribution in [-0.2, 0) is 9.59 Å². The Labute approximate surface area is 61.7 Å². The molecule has 1 saturated heterocycles. The quantitative estimate of drug-likeness (QED) is 0.266. The fraction of sp³-hybridized carbons (Fsp3) is 0.500. The average molecular weight is 163 g/mol. The molecule has 0 N–H and O–H groups in total. The van der Waals surface area contributed by atoms with Crippen LogP contribution < -0.4 is 0 Å². The smallest absolute Gasteiger partial charge is 0.240 e. The summed E-state index contributed by atoms with van der Waals surface area (Å²) in [4.78, 5) is 21.3. The van der Waals surface area contributed by atoms with E-state index < -0.39 is 0 Å². The first-order valence-corrected chi connectivity index (χ1v) is 4.25. The van der Waals surface area contributed by atoms with Crippen LogP contribution in [0.3, 0.4) is 0 Å². The topological polar surface area (TPSA) is 37.4 Å². The molecule has 0 aromatic carbocycles. The third kappa shape index (κ3) is 1.21. The van der Waals surface area contributed by atoms with Gasteiger partial charge in [-0.25, -0.2) is 4.31 Å². The lowest BCUT2D eigenvalue weighted by atomic mass is 10.4. The van der Waals surface area contributed by atoms with E-state index in [9.17, 15) is 9.59 Å². The van der Waals surface area contributed by atoms with Crippen LogP contribution in [0.15, 0.2) is 0 Å². The average Bonchev–Trinajstić information content (AvgIpc) is 2.12. The summed E-state index contributed by atoms with van der Waals surface area (Å²) in [5.41, 5.74) is 0. The Morgan fingerprint density at radius 2 is 1.78 bits per heavy atom. The lowest BCUT2D eigenvalue weighted by Crippen LogP contribution is -2.19. The van der Waals surface area contributed by atoms with Gasteiger partial charge in [0.2, 0.25) is 11.8 Å². The molecule has 0 aliphatic carbocycles. The van der Waals surface area contributed by atoms with Gasteiger partial charge >= 0.3 is 0 Å². The van der Waals surface area contributed by atoms with Gasteiger partial charge < -0.3 is 0 Å². The third-order valence-electron chi connectivity index (χ3n) is 1.09. The number of carbonyl (C=O) groups is 2. The summed E-state index contributed by atoms with van der Waals surface area (Å²) >= 11 is 3.74. The molecule has 3 nitrogen and oxygen atoms in total. The Bertz CT molecular complexity index is 143. The van der Waals surface area contributed by atoms with Crippen molar-refractivity contribution in [2.45, 2.75) is 12.8 Å². The molecule has 1 rings (SSSR count). The molecule has 0 radical (unpaired) electrons. The van der Waals surface area contributed by atoms with Crippen molar-refractivity contribution in [3.8, 4) is 0 Å². The van der Waals surface area contributed by atoms with E-state index in [0.717, 1.165) is 15.3 Å². The maximum atomic E-state index is 10.7. The number of imide groups is 1. The van der Waals surface area contributed by atoms with Crippen LogP contribution in [0.5, 0.6) is 0 Å². The molecular formula is C4H5NO2S2. The van der Waals surface area contributed by atoms with Crippen LogP contribution in [0.1, 0.15) is 12.8 Å². The molecule has 5 heteroatoms. The Morgan fingerprint density at radius 3 is 2.00 bits per heavy atom. The number of amides is 2. The zero-order valence-corrected chi connectivity index (χ0v) is 6.24. The van der Waals surface area contributed by atoms with E-state index in [2.05, 4.69) is 11.7 Å². The van der Waals surface area contributed by atoms with E-state index in [1.807, 2.05) is 0 Å². The van der Waals surface area contributed by atoms with E-state index >= 15 is 0 Å². The highest BCUT2D eigenvalue weighted by Gasteiger charge is 2.28. The Kier molecular flexibility index (Phi) is 2.02. The van der Waals surface area contributed by atoms with Gasteiger partial charge in [0.15, 0.2) is 0 Å². The molecule has 0 saturated carbocycles. The molecule has 2 amide bonds. The van der Waals surface area contributed by atoms with Crippen molar-refractivity contribution in [2.75, 3.05) is 0 Å². The van der Waals surface area contributed by atoms with Crippen molar-refractivity contribution in [3.63, 3.8) is 0 Å². The monoisotopic (exact) mass is 163 g/mol. The third-order valence-corrected chi connectivity index (χ3v) is 2.15. The Balaban J connectivity index is 2.66. The van der Waals surface area contributed by atoms with Gasteiger partial charge in [-0.15, -0.1) is 0 Å². The normalized spacial score (nSPS) is 19.4. The molecule has 50 valence electrons. The first kappa shape index (κ1) is 6.95. The SMILES string of the molecule is O=C1CCC(=O)N1SS. The zero-order valence-electron chi connectivity index (χ0n) is 4.53. The van der Waals surface area contributed by atoms with E-state index in [4.69, 9.17) is 0 Å². The summed E-state index contributed by atoms with van der Waals surface area (Å²) < 4.78 is 1.07. The van der Waals surface area contributed by atoms with Gasteiger partial charge in [0.25, 0.3) is 0 Å². The summed E-state index contributed by atoms with van der Waals surface area (Å²) in [5.74, 6) is -0.278. The van der Waals surface area contributed by atoms with E-state index in [1.165, 1.54) is 0 Å². The van der Waals surface area contributed by atoms with Gasteiger partial charge in [-0.1, -0.05) is 11.7 Å². The Morgan fingerprint density at radius 1 is 1.33 bits per heavy atom. The second-order valence-corrected chi connectivity index (χ2v) is 2.68. The van der Waals surface area contributed by atoms with Crippen molar-refractivity contribution in [3.05, 3.63) is 0 Å². The number of hydrogen-bond acceptors (Lipinski definition) is 4. The molecule has 0 atom stereocenters. The van der Waals surface area contributed by atoms with Gasteiger partial charge in [0.1, 0.15) is 0 Å². The van der Waals surface area contributed by atoms with Gasteiger partial charge in [0, 0.05) is 23.8 Å². The van der Waals surface area contributed by atoms with Crippen LogP contribution >= 0.6 is 22.6 Å². The van der Waals surface area contributed by atoms with Gasteiger partial charge in [-0.05, 0) is 0 Å². The number of nitrogens with zero attached hydrogens (tertiary/aromatic N) is 1. The van der Waals surface area contributed by atoms with E-state index in [1.54, 1.807) is 0 Å². The number of hydrogen-bond donors (Lipinski definition) is 1. The molecule has 9 heavy (non-hydrogen) atoms. The van der Waals surface area contributed by atoms with E-state index in [-0.39, 0.29) is 11.8 Å². The van der Waals surface area contributed by atoms with Crippen molar-refractivity contribution in [1.82, 2.24) is 4.31 Å². The summed E-state index contributed by atoms with van der Waals surface area (Å²) in [6.45, 7) is 0. The lowest BCUT2D eigenvalue weighted by molar-refractivity contribution is -0.131. The second kappa shape index (κ2) is 2.62. The Hall–Kier alpha value is -0.160. The molecule has 1 heterocycles. The summed E-state index contributed by atoms with van der Waals surface area (Å²) in [7, 11) is 0.877. The maximum absolute atomic E-state index is 10.7. The van der Waals surface area contributed by atoms with Crippen molar-refractivity contribution in [1.29, 1.82) is 0 Å². The minimum Gasteiger partial charge on any atom is -0.273 e. The van der Waals surface area contributed by atoms with Crippen molar-refractivity contribution < 1.29 is 9.59 Å². The predicted molar refractivity (Wildman–Crippen MR) is 37.7 cm³/mol. The molecule has 0 bridgehead atoms. The standard InChI is InChI=1S/C4H5NO2S2/c6-3-1-2-4(7)5(3)9-8/h8H,1-2H2. The fourth-order valence-corrected chi connectivity index (χ4v) is 1.56. The van der Waals surface area contributed by atoms with Crippen molar-refractivity contribution in [2.24, 2.45) is 0 Å². The minimum atomic E-state index is -0.139. The minimum absolute atomic E-state index is 0.139. The summed E-state index contributed by atoms with van der Waals surface area (Å²) in [6.07, 6.45) is 0.679. The van der Waals surface area contributed by atoms with Crippen LogP contribution in [0.4, 0.5) is 0 Å². The summed E-state index contributed by atoms with van der Waals surface area (Å²) in [5, 5.41) is 0. The zero-order chi connectivity index (χ0) is 6.85. The van der Waals surface area contributed by atoms with Crippen LogP contribution in [0, 0.1) is 0 Å². The predicted octanol–water partition coefficient (Wildman–Crippen LogP) is 0.628. The van der Waals surface area contributed by atoms with E-state index in [0.29, 0.717) is 12.8 Å². The number of thiol groups is 1. The van der Waals surface area contributed by atoms with Gasteiger partial charge in [-0.2, -0.15) is 0 Å². The van der Waals surface area contributed by atoms with Crippen LogP contribution in [0.25, 0.3) is 0 Å². The summed E-state index contributed by atoms with van der Waals surface area (Å²) in [6, 6.07) is 0. The molecular weight excluding hydrogens is 158 g/mol. The number of rotatable bonds is 1. The van der Waals surface area contributed by atoms with Gasteiger partial charge in [0.05, 0.1) is 0 Å². The molecule has 0 spiro atoms.